The van der Waals surface area contributed by atoms with Gasteiger partial charge in [0.05, 0.1) is 17.8 Å². The van der Waals surface area contributed by atoms with Crippen molar-refractivity contribution in [3.05, 3.63) is 122 Å². The van der Waals surface area contributed by atoms with Gasteiger partial charge in [-0.1, -0.05) is 95.7 Å². The van der Waals surface area contributed by atoms with E-state index in [0.717, 1.165) is 33.2 Å². The van der Waals surface area contributed by atoms with Crippen molar-refractivity contribution in [3.63, 3.8) is 0 Å². The summed E-state index contributed by atoms with van der Waals surface area (Å²) in [5.41, 5.74) is 3.35. The second-order valence-electron chi connectivity index (χ2n) is 8.80. The van der Waals surface area contributed by atoms with Gasteiger partial charge in [-0.2, -0.15) is 9.50 Å². The molecule has 0 unspecified atom stereocenters. The van der Waals surface area contributed by atoms with Crippen LogP contribution in [0, 0.1) is 0 Å². The molecule has 4 aromatic carbocycles. The van der Waals surface area contributed by atoms with Crippen LogP contribution in [0.3, 0.4) is 0 Å². The summed E-state index contributed by atoms with van der Waals surface area (Å²) in [6, 6.07) is 28.9. The summed E-state index contributed by atoms with van der Waals surface area (Å²) in [7, 11) is 0. The molecule has 2 aromatic heterocycles. The van der Waals surface area contributed by atoms with Crippen LogP contribution < -0.4 is 15.0 Å². The number of amides is 1. The number of halogens is 1. The second kappa shape index (κ2) is 8.37. The Morgan fingerprint density at radius 1 is 0.811 bits per heavy atom. The molecule has 0 saturated carbocycles. The largest absolute Gasteiger partial charge is 0.303 e. The normalized spacial score (nSPS) is 14.6. The molecule has 0 bridgehead atoms. The third-order valence-electron chi connectivity index (χ3n) is 6.59. The van der Waals surface area contributed by atoms with Crippen molar-refractivity contribution in [2.75, 3.05) is 4.90 Å². The third kappa shape index (κ3) is 3.47. The van der Waals surface area contributed by atoms with Crippen LogP contribution in [0.15, 0.2) is 95.8 Å². The van der Waals surface area contributed by atoms with Gasteiger partial charge in [-0.3, -0.25) is 9.59 Å². The molecule has 0 saturated heterocycles. The number of anilines is 1. The molecule has 0 aliphatic carbocycles. The van der Waals surface area contributed by atoms with Crippen molar-refractivity contribution in [1.29, 1.82) is 0 Å². The Hall–Kier alpha value is -4.33. The van der Waals surface area contributed by atoms with Crippen molar-refractivity contribution < 1.29 is 4.79 Å². The van der Waals surface area contributed by atoms with Crippen LogP contribution in [-0.2, 0) is 11.3 Å². The zero-order valence-electron chi connectivity index (χ0n) is 19.3. The lowest BCUT2D eigenvalue weighted by molar-refractivity contribution is -0.113. The highest BCUT2D eigenvalue weighted by Gasteiger charge is 2.34. The van der Waals surface area contributed by atoms with Gasteiger partial charge in [0.1, 0.15) is 4.53 Å². The van der Waals surface area contributed by atoms with Crippen LogP contribution in [0.4, 0.5) is 5.69 Å². The number of aromatic nitrogens is 3. The van der Waals surface area contributed by atoms with E-state index in [4.69, 9.17) is 11.6 Å². The van der Waals surface area contributed by atoms with Gasteiger partial charge in [-0.15, -0.1) is 5.10 Å². The number of thiazole rings is 1. The molecule has 1 aliphatic rings. The van der Waals surface area contributed by atoms with Gasteiger partial charge in [-0.25, -0.2) is 0 Å². The van der Waals surface area contributed by atoms with Gasteiger partial charge < -0.3 is 4.90 Å². The average Bonchev–Trinajstić information content (AvgIpc) is 3.56. The Balaban J connectivity index is 1.37. The molecule has 8 heteroatoms. The quantitative estimate of drug-likeness (QED) is 0.326. The minimum Gasteiger partial charge on any atom is -0.303 e. The molecule has 0 radical (unpaired) electrons. The van der Waals surface area contributed by atoms with Crippen molar-refractivity contribution in [1.82, 2.24) is 14.6 Å². The molecule has 3 heterocycles. The Kier molecular flexibility index (Phi) is 4.96. The molecule has 0 atom stereocenters. The Labute approximate surface area is 219 Å². The first kappa shape index (κ1) is 21.9. The van der Waals surface area contributed by atoms with E-state index in [1.165, 1.54) is 15.9 Å². The second-order valence-corrected chi connectivity index (χ2v) is 10.2. The number of hydrogen-bond acceptors (Lipinski definition) is 5. The average molecular weight is 521 g/mol. The lowest BCUT2D eigenvalue weighted by Gasteiger charge is -2.17. The molecule has 6 aromatic rings. The first-order valence-electron chi connectivity index (χ1n) is 11.7. The van der Waals surface area contributed by atoms with E-state index in [0.29, 0.717) is 32.5 Å². The molecule has 6 nitrogen and oxygen atoms in total. The molecule has 1 aliphatic heterocycles. The maximum absolute atomic E-state index is 13.7. The molecule has 37 heavy (non-hydrogen) atoms. The van der Waals surface area contributed by atoms with E-state index in [9.17, 15) is 9.59 Å². The molecule has 0 spiro atoms. The van der Waals surface area contributed by atoms with Crippen molar-refractivity contribution in [2.45, 2.75) is 6.54 Å². The summed E-state index contributed by atoms with van der Waals surface area (Å²) < 4.78 is 1.65. The number of rotatable bonds is 3. The zero-order valence-corrected chi connectivity index (χ0v) is 20.8. The molecule has 1 amide bonds. The predicted molar refractivity (Wildman–Crippen MR) is 147 cm³/mol. The van der Waals surface area contributed by atoms with Crippen molar-refractivity contribution in [3.8, 4) is 11.4 Å². The Morgan fingerprint density at radius 2 is 1.54 bits per heavy atom. The van der Waals surface area contributed by atoms with E-state index < -0.39 is 0 Å². The standard InChI is InChI=1S/C29H17ClN4O2S/c30-19-14-12-17(13-15-19)16-33-23-11-4-3-9-22(23)24(27(33)35)25-28(36)34-29(37-25)31-26(32-34)21-10-5-7-18-6-1-2-8-20(18)21/h1-15H,16H2. The van der Waals surface area contributed by atoms with Gasteiger partial charge in [-0.05, 0) is 34.5 Å². The van der Waals surface area contributed by atoms with Crippen molar-refractivity contribution in [2.24, 2.45) is 0 Å². The number of carbonyl (C=O) groups is 1. The zero-order chi connectivity index (χ0) is 25.1. The summed E-state index contributed by atoms with van der Waals surface area (Å²) in [6.07, 6.45) is 0. The maximum Gasteiger partial charge on any atom is 0.291 e. The highest BCUT2D eigenvalue weighted by Crippen LogP contribution is 2.36. The van der Waals surface area contributed by atoms with E-state index in [1.54, 1.807) is 17.0 Å². The first-order valence-corrected chi connectivity index (χ1v) is 12.9. The summed E-state index contributed by atoms with van der Waals surface area (Å²) in [4.78, 5) is 34.1. The summed E-state index contributed by atoms with van der Waals surface area (Å²) in [5, 5.41) is 7.28. The maximum atomic E-state index is 13.7. The fraction of sp³-hybridized carbons (Fsp3) is 0.0345. The number of carbonyl (C=O) groups excluding carboxylic acids is 1. The molecule has 178 valence electrons. The number of fused-ring (bicyclic) bond motifs is 3. The summed E-state index contributed by atoms with van der Waals surface area (Å²) in [6.45, 7) is 0.372. The third-order valence-corrected chi connectivity index (χ3v) is 7.87. The number of nitrogens with zero attached hydrogens (tertiary/aromatic N) is 4. The number of para-hydroxylation sites is 1. The smallest absolute Gasteiger partial charge is 0.291 e. The van der Waals surface area contributed by atoms with E-state index >= 15 is 0 Å². The van der Waals surface area contributed by atoms with Gasteiger partial charge in [0.15, 0.2) is 5.82 Å². The van der Waals surface area contributed by atoms with Crippen LogP contribution >= 0.6 is 22.9 Å². The Bertz CT molecular complexity index is 1970. The predicted octanol–water partition coefficient (Wildman–Crippen LogP) is 5.09. The molecule has 0 fully saturated rings. The van der Waals surface area contributed by atoms with E-state index in [1.807, 2.05) is 78.9 Å². The summed E-state index contributed by atoms with van der Waals surface area (Å²) >= 11 is 7.23. The van der Waals surface area contributed by atoms with Gasteiger partial charge in [0.25, 0.3) is 11.5 Å². The van der Waals surface area contributed by atoms with Gasteiger partial charge in [0, 0.05) is 16.1 Å². The fourth-order valence-electron chi connectivity index (χ4n) is 4.85. The van der Waals surface area contributed by atoms with Crippen LogP contribution in [-0.4, -0.2) is 20.5 Å². The number of benzene rings is 4. The monoisotopic (exact) mass is 520 g/mol. The highest BCUT2D eigenvalue weighted by atomic mass is 35.5. The molecule has 0 N–H and O–H groups in total. The minimum atomic E-state index is -0.342. The van der Waals surface area contributed by atoms with Crippen LogP contribution in [0.2, 0.25) is 5.02 Å². The van der Waals surface area contributed by atoms with Crippen LogP contribution in [0.25, 0.3) is 32.7 Å². The van der Waals surface area contributed by atoms with E-state index in [-0.39, 0.29) is 11.5 Å². The highest BCUT2D eigenvalue weighted by molar-refractivity contribution is 7.15. The Morgan fingerprint density at radius 3 is 2.38 bits per heavy atom. The van der Waals surface area contributed by atoms with Gasteiger partial charge >= 0.3 is 0 Å². The topological polar surface area (TPSA) is 67.6 Å². The summed E-state index contributed by atoms with van der Waals surface area (Å²) in [5.74, 6) is 0.270. The fourth-order valence-corrected chi connectivity index (χ4v) is 5.97. The lowest BCUT2D eigenvalue weighted by Crippen LogP contribution is -2.32. The SMILES string of the molecule is O=C1C(=c2sc3nc(-c4cccc5ccccc45)nn3c2=O)c2ccccc2N1Cc1ccc(Cl)cc1. The number of hydrogen-bond donors (Lipinski definition) is 0. The molecular formula is C29H17ClN4O2S. The van der Waals surface area contributed by atoms with E-state index in [2.05, 4.69) is 10.1 Å². The molecule has 7 rings (SSSR count). The molecular weight excluding hydrogens is 504 g/mol. The first-order chi connectivity index (χ1) is 18.1. The lowest BCUT2D eigenvalue weighted by atomic mass is 10.0. The van der Waals surface area contributed by atoms with Crippen LogP contribution in [0.1, 0.15) is 11.1 Å². The van der Waals surface area contributed by atoms with Crippen molar-refractivity contribution >= 4 is 55.8 Å². The van der Waals surface area contributed by atoms with Crippen LogP contribution in [0.5, 0.6) is 0 Å². The van der Waals surface area contributed by atoms with Gasteiger partial charge in [0.2, 0.25) is 4.96 Å². The minimum absolute atomic E-state index is 0.216.